The largest absolute Gasteiger partial charge is 0.481 e. The summed E-state index contributed by atoms with van der Waals surface area (Å²) in [5.41, 5.74) is -0.992. The molecule has 0 aromatic heterocycles. The molecule has 2 fully saturated rings. The Bertz CT molecular complexity index is 749. The molecule has 0 radical (unpaired) electrons. The monoisotopic (exact) mass is 664 g/mol. The van der Waals surface area contributed by atoms with Crippen LogP contribution in [0.25, 0.3) is 0 Å². The zero-order chi connectivity index (χ0) is 27.1. The van der Waals surface area contributed by atoms with Gasteiger partial charge in [0.05, 0.1) is 17.5 Å². The Hall–Kier alpha value is 0.0734. The molecule has 0 aliphatic carbocycles. The van der Waals surface area contributed by atoms with Gasteiger partial charge in [0, 0.05) is 32.9 Å². The number of carbonyl (C=O) groups is 2. The first-order valence-corrected chi connectivity index (χ1v) is 14.5. The molecule has 0 aromatic rings. The third-order valence-corrected chi connectivity index (χ3v) is 7.50. The third-order valence-electron chi connectivity index (χ3n) is 5.87. The first-order valence-electron chi connectivity index (χ1n) is 11.2. The fourth-order valence-electron chi connectivity index (χ4n) is 4.37. The van der Waals surface area contributed by atoms with Crippen molar-refractivity contribution in [1.82, 2.24) is 10.2 Å². The van der Waals surface area contributed by atoms with Crippen LogP contribution in [-0.4, -0.2) is 120 Å². The Kier molecular flexibility index (Phi) is 21.5. The van der Waals surface area contributed by atoms with Crippen molar-refractivity contribution in [3.8, 4) is 0 Å². The molecule has 2 saturated heterocycles. The third kappa shape index (κ3) is 13.2. The normalized spacial score (nSPS) is 30.7. The topological polar surface area (TPSA) is 249 Å². The van der Waals surface area contributed by atoms with Crippen LogP contribution in [0.2, 0.25) is 0 Å². The van der Waals surface area contributed by atoms with Gasteiger partial charge in [0.2, 0.25) is 5.91 Å². The number of phosphoric acid groups is 1. The van der Waals surface area contributed by atoms with Crippen LogP contribution in [0.3, 0.4) is 0 Å². The Morgan fingerprint density at radius 3 is 2.21 bits per heavy atom. The van der Waals surface area contributed by atoms with Crippen LogP contribution >= 0.6 is 31.2 Å². The number of amides is 1. The first kappa shape index (κ1) is 42.5. The van der Waals surface area contributed by atoms with Gasteiger partial charge in [-0.3, -0.25) is 19.0 Å². The number of carboxylic acid groups (broad SMARTS) is 1. The van der Waals surface area contributed by atoms with Gasteiger partial charge in [-0.05, 0) is 39.0 Å². The number of carbonyl (C=O) groups excluding carboxylic acids is 1. The number of rotatable bonds is 9. The predicted molar refractivity (Wildman–Crippen MR) is 138 cm³/mol. The molecule has 14 nitrogen and oxygen atoms in total. The van der Waals surface area contributed by atoms with Crippen molar-refractivity contribution < 1.29 is 79.0 Å². The van der Waals surface area contributed by atoms with E-state index in [1.165, 1.54) is 0 Å². The van der Waals surface area contributed by atoms with Gasteiger partial charge in [-0.1, -0.05) is 13.3 Å². The number of halogens is 1. The maximum Gasteiger partial charge on any atom is 0.470 e. The minimum absolute atomic E-state index is 0. The van der Waals surface area contributed by atoms with E-state index in [0.29, 0.717) is 5.92 Å². The van der Waals surface area contributed by atoms with Crippen LogP contribution in [0.4, 0.5) is 0 Å². The van der Waals surface area contributed by atoms with Crippen molar-refractivity contribution >= 4 is 43.1 Å². The van der Waals surface area contributed by atoms with E-state index in [9.17, 15) is 19.6 Å². The molecule has 10 N–H and O–H groups in total. The van der Waals surface area contributed by atoms with Gasteiger partial charge in [-0.25, -0.2) is 4.57 Å². The summed E-state index contributed by atoms with van der Waals surface area (Å²) in [6.07, 6.45) is -1.37. The standard InChI is InChI=1S/C18H34ClN2O8PS.C2H4O2.2H2O.Zn/c1-5-6-10-7-11(21(3)8-10)17(24)20-12(9(2)19)15-13(22)14(23)16(18(28-15)31-4)29-30(25,26)27;1-2(3)4;;;/h9-16,18,22-23H,5-8H2,1-4H3,(H,20,24)(H2,25,26,27);1H3,(H,3,4);2*1H2;/t9-,10+,11-,12+,13+,14-,15+,16+,18+;;;;/m0..../s1. The maximum absolute atomic E-state index is 13.0. The molecule has 0 aromatic carbocycles. The number of phosphoric ester groups is 1. The number of carboxylic acids is 1. The van der Waals surface area contributed by atoms with Crippen molar-refractivity contribution in [3.05, 3.63) is 0 Å². The number of nitrogens with one attached hydrogen (secondary N) is 1. The molecule has 0 spiro atoms. The van der Waals surface area contributed by atoms with Gasteiger partial charge in [0.1, 0.15) is 29.9 Å². The summed E-state index contributed by atoms with van der Waals surface area (Å²) in [6, 6.07) is -1.18. The van der Waals surface area contributed by atoms with E-state index in [-0.39, 0.29) is 42.4 Å². The summed E-state index contributed by atoms with van der Waals surface area (Å²) in [7, 11) is -3.04. The van der Waals surface area contributed by atoms with Gasteiger partial charge in [-0.2, -0.15) is 0 Å². The van der Waals surface area contributed by atoms with E-state index in [1.807, 2.05) is 11.9 Å². The van der Waals surface area contributed by atoms with E-state index in [1.54, 1.807) is 13.2 Å². The second-order valence-electron chi connectivity index (χ2n) is 8.82. The molecule has 1 amide bonds. The van der Waals surface area contributed by atoms with Crippen LogP contribution in [0, 0.1) is 5.92 Å². The fourth-order valence-corrected chi connectivity index (χ4v) is 5.93. The average Bonchev–Trinajstić information content (AvgIpc) is 3.09. The summed E-state index contributed by atoms with van der Waals surface area (Å²) in [5.74, 6) is -0.638. The number of aliphatic carboxylic acids is 1. The summed E-state index contributed by atoms with van der Waals surface area (Å²) < 4.78 is 21.7. The van der Waals surface area contributed by atoms with Crippen LogP contribution in [0.5, 0.6) is 0 Å². The Labute approximate surface area is 244 Å². The van der Waals surface area contributed by atoms with Crippen molar-refractivity contribution in [2.45, 2.75) is 87.3 Å². The van der Waals surface area contributed by atoms with Gasteiger partial charge in [0.15, 0.2) is 0 Å². The van der Waals surface area contributed by atoms with E-state index >= 15 is 0 Å². The van der Waals surface area contributed by atoms with Crippen molar-refractivity contribution in [3.63, 3.8) is 0 Å². The molecule has 2 heterocycles. The molecule has 2 rings (SSSR count). The first-order chi connectivity index (χ1) is 16.1. The van der Waals surface area contributed by atoms with E-state index in [4.69, 9.17) is 36.0 Å². The number of thioether (sulfide) groups is 1. The van der Waals surface area contributed by atoms with Crippen molar-refractivity contribution in [2.75, 3.05) is 19.8 Å². The number of nitrogens with zero attached hydrogens (tertiary/aromatic N) is 1. The SMILES string of the molecule is CC(=O)O.CCC[C@@H]1C[C@@H](C(=O)N[C@@H]([C@H]2O[C@H](SC)[C@H](OP(=O)(O)O)[C@@H](O)[C@H]2O)[C@H](C)Cl)N(C)C1.O.O.[Zn]. The smallest absolute Gasteiger partial charge is 0.470 e. The van der Waals surface area contributed by atoms with Crippen LogP contribution in [-0.2, 0) is 42.9 Å². The van der Waals surface area contributed by atoms with E-state index < -0.39 is 55.1 Å². The Morgan fingerprint density at radius 1 is 1.26 bits per heavy atom. The number of alkyl halides is 1. The second-order valence-corrected chi connectivity index (χ2v) is 11.6. The second kappa shape index (κ2) is 19.2. The summed E-state index contributed by atoms with van der Waals surface area (Å²) in [6.45, 7) is 5.65. The van der Waals surface area contributed by atoms with Gasteiger partial charge < -0.3 is 46.1 Å². The number of aliphatic hydroxyl groups excluding tert-OH is 2. The number of likely N-dealkylation sites (tertiary alicyclic amines) is 1. The summed E-state index contributed by atoms with van der Waals surface area (Å²) in [5, 5.41) is 30.8. The van der Waals surface area contributed by atoms with Gasteiger partial charge in [-0.15, -0.1) is 23.4 Å². The van der Waals surface area contributed by atoms with Crippen molar-refractivity contribution in [1.29, 1.82) is 0 Å². The molecule has 224 valence electrons. The van der Waals surface area contributed by atoms with Crippen LogP contribution in [0.1, 0.15) is 40.0 Å². The Morgan fingerprint density at radius 2 is 1.79 bits per heavy atom. The van der Waals surface area contributed by atoms with Crippen LogP contribution < -0.4 is 5.32 Å². The number of aliphatic hydroxyl groups is 2. The molecular weight excluding hydrogens is 624 g/mol. The number of ether oxygens (including phenoxy) is 1. The average molecular weight is 666 g/mol. The quantitative estimate of drug-likeness (QED) is 0.0980. The minimum atomic E-state index is -4.93. The molecule has 18 heteroatoms. The van der Waals surface area contributed by atoms with E-state index in [2.05, 4.69) is 16.8 Å². The number of hydrogen-bond donors (Lipinski definition) is 6. The summed E-state index contributed by atoms with van der Waals surface area (Å²) >= 11 is 7.38. The van der Waals surface area contributed by atoms with E-state index in [0.717, 1.165) is 44.5 Å². The summed E-state index contributed by atoms with van der Waals surface area (Å²) in [4.78, 5) is 42.3. The van der Waals surface area contributed by atoms with Crippen molar-refractivity contribution in [2.24, 2.45) is 5.92 Å². The molecule has 2 aliphatic heterocycles. The molecular formula is C20H42ClN2O12PSZn. The molecule has 0 bridgehead atoms. The van der Waals surface area contributed by atoms with Gasteiger partial charge >= 0.3 is 7.82 Å². The number of hydrogen-bond acceptors (Lipinski definition) is 9. The molecule has 2 aliphatic rings. The van der Waals surface area contributed by atoms with Gasteiger partial charge in [0.25, 0.3) is 5.97 Å². The molecule has 0 saturated carbocycles. The maximum atomic E-state index is 13.0. The molecule has 9 atom stereocenters. The Balaban J connectivity index is -0.00000163. The molecule has 38 heavy (non-hydrogen) atoms. The minimum Gasteiger partial charge on any atom is -0.481 e. The number of likely N-dealkylation sites (N-methyl/N-ethyl adjacent to an activating group) is 1. The molecule has 0 unspecified atom stereocenters. The zero-order valence-corrected chi connectivity index (χ0v) is 27.6. The fraction of sp³-hybridized carbons (Fsp3) is 0.900. The predicted octanol–water partition coefficient (Wildman–Crippen LogP) is -1.05. The van der Waals surface area contributed by atoms with Crippen LogP contribution in [0.15, 0.2) is 0 Å². The zero-order valence-electron chi connectivity index (χ0n) is 22.2.